The van der Waals surface area contributed by atoms with Crippen LogP contribution in [0, 0.1) is 0 Å². The molecular weight excluding hydrogens is 416 g/mol. The minimum absolute atomic E-state index is 0.0691. The number of halogens is 5. The highest BCUT2D eigenvalue weighted by Gasteiger charge is 2.31. The number of rotatable bonds is 5. The van der Waals surface area contributed by atoms with Crippen molar-refractivity contribution in [1.82, 2.24) is 9.71 Å². The quantitative estimate of drug-likeness (QED) is 0.448. The predicted molar refractivity (Wildman–Crippen MR) is 104 cm³/mol. The van der Waals surface area contributed by atoms with Crippen molar-refractivity contribution in [3.05, 3.63) is 82.0 Å². The van der Waals surface area contributed by atoms with Crippen molar-refractivity contribution in [3.8, 4) is 11.3 Å². The summed E-state index contributed by atoms with van der Waals surface area (Å²) in [5.74, 6) is 0. The predicted octanol–water partition coefficient (Wildman–Crippen LogP) is 6.87. The summed E-state index contributed by atoms with van der Waals surface area (Å²) in [6, 6.07) is 15.8. The van der Waals surface area contributed by atoms with Gasteiger partial charge in [0.2, 0.25) is 0 Å². The van der Waals surface area contributed by atoms with Crippen LogP contribution in [0.5, 0.6) is 0 Å². The molecule has 1 heterocycles. The van der Waals surface area contributed by atoms with Gasteiger partial charge in [-0.1, -0.05) is 59.6 Å². The molecular formula is C19H13Cl2F3N2S. The van der Waals surface area contributed by atoms with E-state index in [1.54, 1.807) is 18.2 Å². The van der Waals surface area contributed by atoms with Crippen LogP contribution in [0.4, 0.5) is 13.2 Å². The van der Waals surface area contributed by atoms with Gasteiger partial charge < -0.3 is 0 Å². The standard InChI is InChI=1S/C19H13Cl2F3N2S/c20-15-7-6-13(18-16(21)9-14(11-25-18)19(22,23)24)8-17(15)27-26-10-12-4-2-1-3-5-12/h1-9,11,26H,10H2. The molecule has 3 rings (SSSR count). The Hall–Kier alpha value is -1.73. The van der Waals surface area contributed by atoms with Crippen molar-refractivity contribution < 1.29 is 13.2 Å². The fourth-order valence-electron chi connectivity index (χ4n) is 2.33. The first kappa shape index (κ1) is 20.0. The number of alkyl halides is 3. The number of hydrogen-bond donors (Lipinski definition) is 1. The van der Waals surface area contributed by atoms with Crippen LogP contribution in [0.2, 0.25) is 10.0 Å². The van der Waals surface area contributed by atoms with E-state index < -0.39 is 11.7 Å². The first-order chi connectivity index (χ1) is 12.8. The normalized spacial score (nSPS) is 11.6. The van der Waals surface area contributed by atoms with Crippen LogP contribution in [0.25, 0.3) is 11.3 Å². The third-order valence-electron chi connectivity index (χ3n) is 3.67. The molecule has 2 aromatic carbocycles. The van der Waals surface area contributed by atoms with Crippen molar-refractivity contribution in [1.29, 1.82) is 0 Å². The third-order valence-corrected chi connectivity index (χ3v) is 5.25. The average Bonchev–Trinajstić information content (AvgIpc) is 2.63. The molecule has 0 radical (unpaired) electrons. The van der Waals surface area contributed by atoms with E-state index in [0.717, 1.165) is 22.7 Å². The van der Waals surface area contributed by atoms with Gasteiger partial charge in [0.1, 0.15) is 0 Å². The zero-order chi connectivity index (χ0) is 19.4. The summed E-state index contributed by atoms with van der Waals surface area (Å²) in [6.45, 7) is 0.630. The SMILES string of the molecule is FC(F)(F)c1cnc(-c2ccc(Cl)c(SNCc3ccccc3)c2)c(Cl)c1. The fraction of sp³-hybridized carbons (Fsp3) is 0.105. The minimum Gasteiger partial charge on any atom is -0.255 e. The Balaban J connectivity index is 1.79. The highest BCUT2D eigenvalue weighted by atomic mass is 35.5. The molecule has 0 unspecified atom stereocenters. The second-order valence-electron chi connectivity index (χ2n) is 5.61. The molecule has 140 valence electrons. The van der Waals surface area contributed by atoms with Crippen molar-refractivity contribution in [2.75, 3.05) is 0 Å². The second kappa shape index (κ2) is 8.52. The summed E-state index contributed by atoms with van der Waals surface area (Å²) in [6.07, 6.45) is -3.71. The summed E-state index contributed by atoms with van der Waals surface area (Å²) in [7, 11) is 0. The summed E-state index contributed by atoms with van der Waals surface area (Å²) in [5, 5.41) is 0.452. The maximum Gasteiger partial charge on any atom is 0.417 e. The van der Waals surface area contributed by atoms with Crippen molar-refractivity contribution in [2.45, 2.75) is 17.6 Å². The van der Waals surface area contributed by atoms with Crippen molar-refractivity contribution in [3.63, 3.8) is 0 Å². The maximum atomic E-state index is 12.8. The zero-order valence-electron chi connectivity index (χ0n) is 13.7. The molecule has 1 aromatic heterocycles. The van der Waals surface area contributed by atoms with E-state index in [1.165, 1.54) is 11.9 Å². The molecule has 0 aliphatic carbocycles. The number of benzene rings is 2. The van der Waals surface area contributed by atoms with Gasteiger partial charge in [-0.15, -0.1) is 0 Å². The summed E-state index contributed by atoms with van der Waals surface area (Å²) < 4.78 is 41.5. The molecule has 0 fully saturated rings. The van der Waals surface area contributed by atoms with Crippen molar-refractivity contribution in [2.24, 2.45) is 0 Å². The molecule has 0 atom stereocenters. The van der Waals surface area contributed by atoms with Gasteiger partial charge in [-0.2, -0.15) is 13.2 Å². The molecule has 0 spiro atoms. The summed E-state index contributed by atoms with van der Waals surface area (Å²) in [4.78, 5) is 4.61. The van der Waals surface area contributed by atoms with Gasteiger partial charge in [0.05, 0.1) is 21.3 Å². The lowest BCUT2D eigenvalue weighted by Crippen LogP contribution is -2.06. The van der Waals surface area contributed by atoms with Gasteiger partial charge in [0.15, 0.2) is 0 Å². The Bertz CT molecular complexity index is 934. The summed E-state index contributed by atoms with van der Waals surface area (Å²) in [5.41, 5.74) is 1.09. The van der Waals surface area contributed by atoms with E-state index in [1.807, 2.05) is 30.3 Å². The molecule has 2 nitrogen and oxygen atoms in total. The van der Waals surface area contributed by atoms with Crippen LogP contribution in [-0.2, 0) is 12.7 Å². The Morgan fingerprint density at radius 1 is 0.963 bits per heavy atom. The third kappa shape index (κ3) is 5.17. The minimum atomic E-state index is -4.49. The molecule has 0 saturated carbocycles. The van der Waals surface area contributed by atoms with Gasteiger partial charge in [-0.3, -0.25) is 9.71 Å². The first-order valence-corrected chi connectivity index (χ1v) is 9.38. The number of pyridine rings is 1. The number of aromatic nitrogens is 1. The Morgan fingerprint density at radius 3 is 2.37 bits per heavy atom. The topological polar surface area (TPSA) is 24.9 Å². The van der Waals surface area contributed by atoms with E-state index in [2.05, 4.69) is 9.71 Å². The molecule has 8 heteroatoms. The highest BCUT2D eigenvalue weighted by molar-refractivity contribution is 7.97. The van der Waals surface area contributed by atoms with Crippen LogP contribution in [0.15, 0.2) is 65.7 Å². The largest absolute Gasteiger partial charge is 0.417 e. The summed E-state index contributed by atoms with van der Waals surface area (Å²) >= 11 is 13.6. The Morgan fingerprint density at radius 2 is 1.70 bits per heavy atom. The number of nitrogens with one attached hydrogen (secondary N) is 1. The van der Waals surface area contributed by atoms with Crippen LogP contribution in [-0.4, -0.2) is 4.98 Å². The average molecular weight is 429 g/mol. The Kier molecular flexibility index (Phi) is 6.32. The maximum absolute atomic E-state index is 12.8. The van der Waals surface area contributed by atoms with Crippen LogP contribution < -0.4 is 4.72 Å². The van der Waals surface area contributed by atoms with Gasteiger partial charge in [-0.25, -0.2) is 0 Å². The molecule has 0 amide bonds. The lowest BCUT2D eigenvalue weighted by atomic mass is 10.1. The molecule has 0 saturated heterocycles. The Labute approximate surface area is 168 Å². The number of hydrogen-bond acceptors (Lipinski definition) is 3. The first-order valence-electron chi connectivity index (χ1n) is 7.81. The van der Waals surface area contributed by atoms with Gasteiger partial charge in [-0.05, 0) is 35.7 Å². The molecule has 1 N–H and O–H groups in total. The van der Waals surface area contributed by atoms with E-state index in [-0.39, 0.29) is 10.7 Å². The molecule has 3 aromatic rings. The van der Waals surface area contributed by atoms with Crippen LogP contribution in [0.1, 0.15) is 11.1 Å². The van der Waals surface area contributed by atoms with E-state index >= 15 is 0 Å². The van der Waals surface area contributed by atoms with E-state index in [9.17, 15) is 13.2 Å². The monoisotopic (exact) mass is 428 g/mol. The lowest BCUT2D eigenvalue weighted by Gasteiger charge is -2.11. The van der Waals surface area contributed by atoms with Crippen molar-refractivity contribution >= 4 is 35.1 Å². The van der Waals surface area contributed by atoms with Gasteiger partial charge in [0, 0.05) is 23.2 Å². The van der Waals surface area contributed by atoms with Crippen LogP contribution >= 0.6 is 35.1 Å². The van der Waals surface area contributed by atoms with Gasteiger partial charge >= 0.3 is 6.18 Å². The van der Waals surface area contributed by atoms with E-state index in [4.69, 9.17) is 23.2 Å². The van der Waals surface area contributed by atoms with Gasteiger partial charge in [0.25, 0.3) is 0 Å². The number of nitrogens with zero attached hydrogens (tertiary/aromatic N) is 1. The molecule has 0 aliphatic heterocycles. The lowest BCUT2D eigenvalue weighted by molar-refractivity contribution is -0.137. The van der Waals surface area contributed by atoms with Crippen LogP contribution in [0.3, 0.4) is 0 Å². The van der Waals surface area contributed by atoms with E-state index in [0.29, 0.717) is 17.1 Å². The second-order valence-corrected chi connectivity index (χ2v) is 7.35. The molecule has 0 aliphatic rings. The molecule has 27 heavy (non-hydrogen) atoms. The molecule has 0 bridgehead atoms. The highest BCUT2D eigenvalue weighted by Crippen LogP contribution is 2.36. The smallest absolute Gasteiger partial charge is 0.255 e. The fourth-order valence-corrected chi connectivity index (χ4v) is 3.58. The zero-order valence-corrected chi connectivity index (χ0v) is 16.1.